The fourth-order valence-electron chi connectivity index (χ4n) is 2.24. The highest BCUT2D eigenvalue weighted by molar-refractivity contribution is 7.99. The lowest BCUT2D eigenvalue weighted by Crippen LogP contribution is -2.43. The molecule has 3 N–H and O–H groups in total. The highest BCUT2D eigenvalue weighted by atomic mass is 32.2. The number of rotatable bonds is 8. The summed E-state index contributed by atoms with van der Waals surface area (Å²) in [7, 11) is 1.90. The van der Waals surface area contributed by atoms with Gasteiger partial charge in [0.25, 0.3) is 0 Å². The van der Waals surface area contributed by atoms with Crippen LogP contribution in [0.5, 0.6) is 0 Å². The van der Waals surface area contributed by atoms with Crippen LogP contribution in [0, 0.1) is 6.92 Å². The molecule has 0 radical (unpaired) electrons. The summed E-state index contributed by atoms with van der Waals surface area (Å²) in [6.45, 7) is 4.33. The lowest BCUT2D eigenvalue weighted by molar-refractivity contribution is 0.171. The molecule has 0 fully saturated rings. The van der Waals surface area contributed by atoms with Gasteiger partial charge in [0.05, 0.1) is 17.6 Å². The molecule has 1 aromatic heterocycles. The molecule has 0 spiro atoms. The van der Waals surface area contributed by atoms with Crippen molar-refractivity contribution in [2.75, 3.05) is 19.4 Å². The Kier molecular flexibility index (Phi) is 5.67. The monoisotopic (exact) mass is 307 g/mol. The quantitative estimate of drug-likeness (QED) is 0.518. The second kappa shape index (κ2) is 7.29. The number of nitrogens with one attached hydrogen (secondary N) is 2. The van der Waals surface area contributed by atoms with Gasteiger partial charge in [0.2, 0.25) is 0 Å². The standard InChI is InChI=1S/C16H25N3OS/c1-12-6-7-13-14(10-12)19-15(18-13)21-9-5-4-8-16(2,11-20)17-3/h6-7,10,17,20H,4-5,8-9,11H2,1-3H3,(H,18,19). The first-order valence-electron chi connectivity index (χ1n) is 7.45. The van der Waals surface area contributed by atoms with Gasteiger partial charge in [-0.3, -0.25) is 0 Å². The molecule has 0 saturated carbocycles. The summed E-state index contributed by atoms with van der Waals surface area (Å²) in [5.41, 5.74) is 3.24. The predicted molar refractivity (Wildman–Crippen MR) is 90.0 cm³/mol. The van der Waals surface area contributed by atoms with Crippen LogP contribution < -0.4 is 5.32 Å². The molecule has 116 valence electrons. The number of unbranched alkanes of at least 4 members (excludes halogenated alkanes) is 1. The number of thioether (sulfide) groups is 1. The van der Waals surface area contributed by atoms with E-state index in [1.54, 1.807) is 11.8 Å². The molecule has 5 heteroatoms. The van der Waals surface area contributed by atoms with Gasteiger partial charge in [0, 0.05) is 11.3 Å². The van der Waals surface area contributed by atoms with Crippen molar-refractivity contribution in [3.05, 3.63) is 23.8 Å². The van der Waals surface area contributed by atoms with Gasteiger partial charge >= 0.3 is 0 Å². The Bertz CT molecular complexity index is 578. The largest absolute Gasteiger partial charge is 0.394 e. The van der Waals surface area contributed by atoms with Gasteiger partial charge in [-0.1, -0.05) is 24.2 Å². The minimum absolute atomic E-state index is 0.151. The molecule has 2 aromatic rings. The van der Waals surface area contributed by atoms with E-state index >= 15 is 0 Å². The fraction of sp³-hybridized carbons (Fsp3) is 0.562. The third kappa shape index (κ3) is 4.46. The maximum absolute atomic E-state index is 9.34. The minimum atomic E-state index is -0.151. The van der Waals surface area contributed by atoms with Gasteiger partial charge in [0.15, 0.2) is 5.16 Å². The maximum Gasteiger partial charge on any atom is 0.166 e. The Morgan fingerprint density at radius 2 is 2.19 bits per heavy atom. The van der Waals surface area contributed by atoms with Gasteiger partial charge in [-0.2, -0.15) is 0 Å². The Morgan fingerprint density at radius 3 is 2.90 bits per heavy atom. The van der Waals surface area contributed by atoms with Crippen LogP contribution in [0.25, 0.3) is 11.0 Å². The SMILES string of the molecule is CNC(C)(CO)CCCCSc1nc2ccc(C)cc2[nH]1. The molecule has 1 atom stereocenters. The zero-order chi connectivity index (χ0) is 15.3. The van der Waals surface area contributed by atoms with E-state index in [4.69, 9.17) is 0 Å². The zero-order valence-electron chi connectivity index (χ0n) is 13.1. The summed E-state index contributed by atoms with van der Waals surface area (Å²) in [6.07, 6.45) is 3.21. The van der Waals surface area contributed by atoms with Crippen molar-refractivity contribution in [2.45, 2.75) is 43.8 Å². The van der Waals surface area contributed by atoms with Crippen molar-refractivity contribution >= 4 is 22.8 Å². The molecule has 21 heavy (non-hydrogen) atoms. The van der Waals surface area contributed by atoms with E-state index in [2.05, 4.69) is 47.3 Å². The maximum atomic E-state index is 9.34. The Hall–Kier alpha value is -1.04. The zero-order valence-corrected chi connectivity index (χ0v) is 13.9. The van der Waals surface area contributed by atoms with Crippen LogP contribution in [0.15, 0.2) is 23.4 Å². The van der Waals surface area contributed by atoms with Gasteiger partial charge < -0.3 is 15.4 Å². The van der Waals surface area contributed by atoms with E-state index in [0.29, 0.717) is 0 Å². The number of hydrogen-bond acceptors (Lipinski definition) is 4. The van der Waals surface area contributed by atoms with Gasteiger partial charge in [-0.25, -0.2) is 4.98 Å². The molecule has 0 saturated heterocycles. The van der Waals surface area contributed by atoms with Gasteiger partial charge in [-0.15, -0.1) is 0 Å². The predicted octanol–water partition coefficient (Wildman–Crippen LogP) is 3.10. The highest BCUT2D eigenvalue weighted by Crippen LogP contribution is 2.22. The van der Waals surface area contributed by atoms with Gasteiger partial charge in [0.1, 0.15) is 0 Å². The first kappa shape index (κ1) is 16.3. The van der Waals surface area contributed by atoms with Crippen molar-refractivity contribution in [1.82, 2.24) is 15.3 Å². The Balaban J connectivity index is 1.77. The molecular formula is C16H25N3OS. The number of aryl methyl sites for hydroxylation is 1. The van der Waals surface area contributed by atoms with Crippen molar-refractivity contribution < 1.29 is 5.11 Å². The average molecular weight is 307 g/mol. The summed E-state index contributed by atoms with van der Waals surface area (Å²) in [5, 5.41) is 13.5. The number of imidazole rings is 1. The van der Waals surface area contributed by atoms with Crippen molar-refractivity contribution in [3.63, 3.8) is 0 Å². The summed E-state index contributed by atoms with van der Waals surface area (Å²) < 4.78 is 0. The molecule has 1 unspecified atom stereocenters. The van der Waals surface area contributed by atoms with Crippen LogP contribution in [0.3, 0.4) is 0 Å². The fourth-order valence-corrected chi connectivity index (χ4v) is 3.12. The number of fused-ring (bicyclic) bond motifs is 1. The van der Waals surface area contributed by atoms with E-state index < -0.39 is 0 Å². The summed E-state index contributed by atoms with van der Waals surface area (Å²) in [5.74, 6) is 1.05. The normalized spacial score (nSPS) is 14.5. The molecule has 2 rings (SSSR count). The molecule has 1 aromatic carbocycles. The van der Waals surface area contributed by atoms with E-state index in [-0.39, 0.29) is 12.1 Å². The topological polar surface area (TPSA) is 60.9 Å². The lowest BCUT2D eigenvalue weighted by Gasteiger charge is -2.26. The van der Waals surface area contributed by atoms with Crippen LogP contribution in [-0.4, -0.2) is 40.0 Å². The molecule has 0 aliphatic rings. The van der Waals surface area contributed by atoms with E-state index in [9.17, 15) is 5.11 Å². The number of aliphatic hydroxyl groups is 1. The van der Waals surface area contributed by atoms with Crippen molar-refractivity contribution in [2.24, 2.45) is 0 Å². The highest BCUT2D eigenvalue weighted by Gasteiger charge is 2.19. The van der Waals surface area contributed by atoms with Crippen LogP contribution in [0.4, 0.5) is 0 Å². The third-order valence-electron chi connectivity index (χ3n) is 3.93. The number of aromatic nitrogens is 2. The second-order valence-corrected chi connectivity index (χ2v) is 6.92. The summed E-state index contributed by atoms with van der Waals surface area (Å²) in [6, 6.07) is 6.28. The van der Waals surface area contributed by atoms with E-state index in [1.807, 2.05) is 7.05 Å². The first-order valence-corrected chi connectivity index (χ1v) is 8.44. The molecular weight excluding hydrogens is 282 g/mol. The molecule has 1 heterocycles. The van der Waals surface area contributed by atoms with Crippen LogP contribution in [0.2, 0.25) is 0 Å². The van der Waals surface area contributed by atoms with Crippen molar-refractivity contribution in [1.29, 1.82) is 0 Å². The van der Waals surface area contributed by atoms with Crippen LogP contribution >= 0.6 is 11.8 Å². The third-order valence-corrected chi connectivity index (χ3v) is 4.89. The average Bonchev–Trinajstić information content (AvgIpc) is 2.88. The minimum Gasteiger partial charge on any atom is -0.394 e. The van der Waals surface area contributed by atoms with E-state index in [0.717, 1.165) is 41.2 Å². The number of aromatic amines is 1. The van der Waals surface area contributed by atoms with E-state index in [1.165, 1.54) is 5.56 Å². The second-order valence-electron chi connectivity index (χ2n) is 5.84. The number of nitrogens with zero attached hydrogens (tertiary/aromatic N) is 1. The van der Waals surface area contributed by atoms with Crippen molar-refractivity contribution in [3.8, 4) is 0 Å². The lowest BCUT2D eigenvalue weighted by atomic mass is 9.96. The number of aliphatic hydroxyl groups excluding tert-OH is 1. The molecule has 0 aliphatic carbocycles. The molecule has 0 amide bonds. The molecule has 0 aliphatic heterocycles. The van der Waals surface area contributed by atoms with Crippen LogP contribution in [-0.2, 0) is 0 Å². The summed E-state index contributed by atoms with van der Waals surface area (Å²) >= 11 is 1.77. The number of hydrogen-bond donors (Lipinski definition) is 3. The first-order chi connectivity index (χ1) is 10.1. The Labute approximate surface area is 130 Å². The smallest absolute Gasteiger partial charge is 0.166 e. The summed E-state index contributed by atoms with van der Waals surface area (Å²) in [4.78, 5) is 7.95. The molecule has 0 bridgehead atoms. The van der Waals surface area contributed by atoms with Gasteiger partial charge in [-0.05, 0) is 51.4 Å². The number of H-pyrrole nitrogens is 1. The number of benzene rings is 1. The molecule has 4 nitrogen and oxygen atoms in total. The Morgan fingerprint density at radius 1 is 1.38 bits per heavy atom. The van der Waals surface area contributed by atoms with Crippen LogP contribution in [0.1, 0.15) is 31.7 Å². The number of likely N-dealkylation sites (N-methyl/N-ethyl adjacent to an activating group) is 1.